The zero-order chi connectivity index (χ0) is 21.8. The average Bonchev–Trinajstić information content (AvgIpc) is 3.42. The van der Waals surface area contributed by atoms with Crippen molar-refractivity contribution in [2.75, 3.05) is 26.2 Å². The van der Waals surface area contributed by atoms with Crippen molar-refractivity contribution in [3.8, 4) is 11.4 Å². The molecule has 0 radical (unpaired) electrons. The number of benzene rings is 1. The first kappa shape index (κ1) is 21.7. The number of rotatable bonds is 7. The van der Waals surface area contributed by atoms with Gasteiger partial charge in [-0.05, 0) is 19.1 Å². The summed E-state index contributed by atoms with van der Waals surface area (Å²) < 4.78 is 5.99. The molecule has 31 heavy (non-hydrogen) atoms. The molecule has 2 aromatic heterocycles. The smallest absolute Gasteiger partial charge is 0.241 e. The van der Waals surface area contributed by atoms with E-state index in [1.165, 1.54) is 16.9 Å². The van der Waals surface area contributed by atoms with E-state index in [1.807, 2.05) is 36.1 Å². The third-order valence-corrected chi connectivity index (χ3v) is 6.55. The van der Waals surface area contributed by atoms with Crippen molar-refractivity contribution in [1.29, 1.82) is 0 Å². The number of halogens is 1. The van der Waals surface area contributed by atoms with Crippen LogP contribution in [0.2, 0.25) is 4.34 Å². The first-order valence-electron chi connectivity index (χ1n) is 10.2. The van der Waals surface area contributed by atoms with Crippen LogP contribution in [-0.4, -0.2) is 57.8 Å². The molecule has 0 saturated carbocycles. The molecule has 0 N–H and O–H groups in total. The molecule has 0 atom stereocenters. The van der Waals surface area contributed by atoms with Crippen molar-refractivity contribution in [1.82, 2.24) is 19.9 Å². The standard InChI is InChI=1S/C22H23ClN4O3S/c1-15-2-4-16(5-3-15)22-24-20(30-25-22)14-26-10-12-27(13-11-26)21(29)9-6-17(28)18-7-8-19(23)31-18/h2-5,7-8H,6,9-14H2,1H3. The first-order chi connectivity index (χ1) is 15.0. The molecular weight excluding hydrogens is 436 g/mol. The molecule has 1 fully saturated rings. The summed E-state index contributed by atoms with van der Waals surface area (Å²) in [5, 5.41) is 4.08. The van der Waals surface area contributed by atoms with Crippen molar-refractivity contribution < 1.29 is 14.1 Å². The Hall–Kier alpha value is -2.55. The van der Waals surface area contributed by atoms with Crippen LogP contribution in [0.5, 0.6) is 0 Å². The summed E-state index contributed by atoms with van der Waals surface area (Å²) in [6.45, 7) is 5.28. The molecule has 162 valence electrons. The van der Waals surface area contributed by atoms with Gasteiger partial charge in [0, 0.05) is 44.6 Å². The summed E-state index contributed by atoms with van der Waals surface area (Å²) in [5.41, 5.74) is 2.11. The molecule has 9 heteroatoms. The topological polar surface area (TPSA) is 79.5 Å². The lowest BCUT2D eigenvalue weighted by molar-refractivity contribution is -0.133. The molecule has 1 amide bonds. The zero-order valence-electron chi connectivity index (χ0n) is 17.2. The van der Waals surface area contributed by atoms with Gasteiger partial charge in [0.25, 0.3) is 0 Å². The molecule has 1 aliphatic heterocycles. The van der Waals surface area contributed by atoms with Crippen LogP contribution in [0.4, 0.5) is 0 Å². The number of carbonyl (C=O) groups is 2. The van der Waals surface area contributed by atoms with Crippen LogP contribution < -0.4 is 0 Å². The number of nitrogens with zero attached hydrogens (tertiary/aromatic N) is 4. The molecule has 3 heterocycles. The largest absolute Gasteiger partial charge is 0.340 e. The van der Waals surface area contributed by atoms with Gasteiger partial charge in [0.05, 0.1) is 15.8 Å². The van der Waals surface area contributed by atoms with Gasteiger partial charge < -0.3 is 9.42 Å². The van der Waals surface area contributed by atoms with E-state index in [0.717, 1.165) is 18.7 Å². The predicted octanol–water partition coefficient (Wildman–Crippen LogP) is 4.07. The van der Waals surface area contributed by atoms with Crippen LogP contribution >= 0.6 is 22.9 Å². The second-order valence-corrected chi connectivity index (χ2v) is 9.28. The fraction of sp³-hybridized carbons (Fsp3) is 0.364. The lowest BCUT2D eigenvalue weighted by Crippen LogP contribution is -2.48. The lowest BCUT2D eigenvalue weighted by Gasteiger charge is -2.34. The van der Waals surface area contributed by atoms with Crippen molar-refractivity contribution in [2.45, 2.75) is 26.3 Å². The minimum absolute atomic E-state index is 0.00935. The molecule has 1 aromatic carbocycles. The van der Waals surface area contributed by atoms with Gasteiger partial charge in [-0.3, -0.25) is 14.5 Å². The number of Topliss-reactive ketones (excluding diaryl/α,β-unsaturated/α-hetero) is 1. The van der Waals surface area contributed by atoms with E-state index in [9.17, 15) is 9.59 Å². The van der Waals surface area contributed by atoms with Gasteiger partial charge in [0.2, 0.25) is 17.6 Å². The minimum Gasteiger partial charge on any atom is -0.340 e. The Morgan fingerprint density at radius 1 is 1.06 bits per heavy atom. The minimum atomic E-state index is -0.0374. The van der Waals surface area contributed by atoms with Crippen LogP contribution in [0, 0.1) is 6.92 Å². The van der Waals surface area contributed by atoms with Gasteiger partial charge in [0.15, 0.2) is 5.78 Å². The monoisotopic (exact) mass is 458 g/mol. The zero-order valence-corrected chi connectivity index (χ0v) is 18.8. The quantitative estimate of drug-likeness (QED) is 0.496. The third kappa shape index (κ3) is 5.58. The van der Waals surface area contributed by atoms with E-state index in [-0.39, 0.29) is 24.5 Å². The average molecular weight is 459 g/mol. The highest BCUT2D eigenvalue weighted by atomic mass is 35.5. The Morgan fingerprint density at radius 2 is 1.81 bits per heavy atom. The summed E-state index contributed by atoms with van der Waals surface area (Å²) >= 11 is 7.12. The van der Waals surface area contributed by atoms with Gasteiger partial charge >= 0.3 is 0 Å². The molecule has 7 nitrogen and oxygen atoms in total. The Kier molecular flexibility index (Phi) is 6.80. The number of carbonyl (C=O) groups excluding carboxylic acids is 2. The van der Waals surface area contributed by atoms with Crippen molar-refractivity contribution in [2.24, 2.45) is 0 Å². The van der Waals surface area contributed by atoms with Crippen LogP contribution in [0.3, 0.4) is 0 Å². The predicted molar refractivity (Wildman–Crippen MR) is 119 cm³/mol. The normalized spacial score (nSPS) is 14.7. The Morgan fingerprint density at radius 3 is 2.48 bits per heavy atom. The summed E-state index contributed by atoms with van der Waals surface area (Å²) in [7, 11) is 0. The van der Waals surface area contributed by atoms with E-state index in [0.29, 0.717) is 40.6 Å². The second kappa shape index (κ2) is 9.72. The maximum absolute atomic E-state index is 12.5. The van der Waals surface area contributed by atoms with Crippen molar-refractivity contribution >= 4 is 34.6 Å². The molecule has 0 unspecified atom stereocenters. The maximum Gasteiger partial charge on any atom is 0.241 e. The third-order valence-electron chi connectivity index (χ3n) is 5.28. The van der Waals surface area contributed by atoms with Gasteiger partial charge in [-0.1, -0.05) is 46.6 Å². The van der Waals surface area contributed by atoms with E-state index < -0.39 is 0 Å². The van der Waals surface area contributed by atoms with E-state index in [2.05, 4.69) is 15.0 Å². The van der Waals surface area contributed by atoms with Gasteiger partial charge in [0.1, 0.15) is 0 Å². The van der Waals surface area contributed by atoms with Gasteiger partial charge in [-0.15, -0.1) is 11.3 Å². The van der Waals surface area contributed by atoms with E-state index in [4.69, 9.17) is 16.1 Å². The summed E-state index contributed by atoms with van der Waals surface area (Å²) in [6.07, 6.45) is 0.428. The number of aryl methyl sites for hydroxylation is 1. The van der Waals surface area contributed by atoms with Crippen LogP contribution in [0.25, 0.3) is 11.4 Å². The number of aromatic nitrogens is 2. The summed E-state index contributed by atoms with van der Waals surface area (Å²) in [4.78, 5) is 33.8. The second-order valence-electron chi connectivity index (χ2n) is 7.56. The summed E-state index contributed by atoms with van der Waals surface area (Å²) in [5.74, 6) is 1.12. The summed E-state index contributed by atoms with van der Waals surface area (Å²) in [6, 6.07) is 11.4. The van der Waals surface area contributed by atoms with Crippen molar-refractivity contribution in [3.05, 3.63) is 57.1 Å². The molecule has 4 rings (SSSR count). The molecule has 1 saturated heterocycles. The van der Waals surface area contributed by atoms with E-state index >= 15 is 0 Å². The molecule has 3 aromatic rings. The fourth-order valence-electron chi connectivity index (χ4n) is 3.45. The molecule has 0 aliphatic carbocycles. The number of thiophene rings is 1. The highest BCUT2D eigenvalue weighted by Crippen LogP contribution is 2.23. The Labute approximate surface area is 189 Å². The van der Waals surface area contributed by atoms with Crippen LogP contribution in [0.15, 0.2) is 40.9 Å². The fourth-order valence-corrected chi connectivity index (χ4v) is 4.46. The number of hydrogen-bond donors (Lipinski definition) is 0. The first-order valence-corrected chi connectivity index (χ1v) is 11.4. The highest BCUT2D eigenvalue weighted by molar-refractivity contribution is 7.18. The van der Waals surface area contributed by atoms with Crippen LogP contribution in [-0.2, 0) is 11.3 Å². The lowest BCUT2D eigenvalue weighted by atomic mass is 10.1. The Balaban J connectivity index is 1.23. The number of hydrogen-bond acceptors (Lipinski definition) is 7. The van der Waals surface area contributed by atoms with Crippen LogP contribution in [0.1, 0.15) is 34.0 Å². The Bertz CT molecular complexity index is 1050. The van der Waals surface area contributed by atoms with Gasteiger partial charge in [-0.25, -0.2) is 0 Å². The van der Waals surface area contributed by atoms with E-state index in [1.54, 1.807) is 12.1 Å². The van der Waals surface area contributed by atoms with Gasteiger partial charge in [-0.2, -0.15) is 4.98 Å². The molecule has 0 bridgehead atoms. The van der Waals surface area contributed by atoms with Crippen molar-refractivity contribution in [3.63, 3.8) is 0 Å². The number of piperazine rings is 1. The number of ketones is 1. The number of amides is 1. The molecular formula is C22H23ClN4O3S. The molecule has 1 aliphatic rings. The molecule has 0 spiro atoms. The highest BCUT2D eigenvalue weighted by Gasteiger charge is 2.23. The SMILES string of the molecule is Cc1ccc(-c2noc(CN3CCN(C(=O)CCC(=O)c4ccc(Cl)s4)CC3)n2)cc1. The maximum atomic E-state index is 12.5.